The molecule has 8 aromatic rings. The molecule has 0 N–H and O–H groups in total. The van der Waals surface area contributed by atoms with Crippen molar-refractivity contribution in [2.45, 2.75) is 108 Å². The molecule has 2 heterocycles. The van der Waals surface area contributed by atoms with Crippen LogP contribution >= 0.6 is 0 Å². The number of methoxy groups -OCH3 is 1. The van der Waals surface area contributed by atoms with Crippen molar-refractivity contribution in [3.05, 3.63) is 276 Å². The molecule has 0 unspecified atom stereocenters. The lowest BCUT2D eigenvalue weighted by Crippen LogP contribution is -2.67. The van der Waals surface area contributed by atoms with E-state index in [1.54, 1.807) is 7.11 Å². The first-order valence-electron chi connectivity index (χ1n) is 27.4. The van der Waals surface area contributed by atoms with Crippen LogP contribution in [0.1, 0.15) is 38.9 Å². The molecule has 8 aromatic carbocycles. The quantitative estimate of drug-likeness (QED) is 0.0466. The van der Waals surface area contributed by atoms with E-state index < -0.39 is 61.4 Å². The monoisotopic (exact) mass is 1080 g/mol. The van der Waals surface area contributed by atoms with Crippen molar-refractivity contribution in [2.75, 3.05) is 20.3 Å². The van der Waals surface area contributed by atoms with Gasteiger partial charge in [-0.3, -0.25) is 0 Å². The molecule has 0 saturated carbocycles. The Hall–Kier alpha value is -7.04. The Bertz CT molecular complexity index is 2950. The molecule has 2 fully saturated rings. The Morgan fingerprint density at radius 3 is 0.925 bits per heavy atom. The van der Waals surface area contributed by atoms with Gasteiger partial charge in [0.15, 0.2) is 12.4 Å². The fraction of sp³-hybridized carbons (Fsp3) is 0.294. The van der Waals surface area contributed by atoms with Gasteiger partial charge in [0, 0.05) is 0 Å². The van der Waals surface area contributed by atoms with E-state index in [2.05, 4.69) is 0 Å². The molecule has 12 heteroatoms. The molecule has 0 bridgehead atoms. The minimum absolute atomic E-state index is 0.120. The molecule has 0 spiro atoms. The summed E-state index contributed by atoms with van der Waals surface area (Å²) in [5, 5.41) is 0. The largest absolute Gasteiger partial charge is 0.497 e. The highest BCUT2D eigenvalue weighted by Gasteiger charge is 2.55. The molecule has 10 rings (SSSR count). The van der Waals surface area contributed by atoms with Crippen LogP contribution in [0.25, 0.3) is 0 Å². The molecule has 0 aliphatic carbocycles. The second kappa shape index (κ2) is 30.0. The number of rotatable bonds is 28. The Morgan fingerprint density at radius 1 is 0.287 bits per heavy atom. The normalized spacial score (nSPS) is 22.8. The molecule has 2 aliphatic heterocycles. The average Bonchev–Trinajstić information content (AvgIpc) is 3.62. The summed E-state index contributed by atoms with van der Waals surface area (Å²) in [6.45, 7) is 2.08. The van der Waals surface area contributed by atoms with Gasteiger partial charge in [0.25, 0.3) is 0 Å². The van der Waals surface area contributed by atoms with Crippen LogP contribution in [0.5, 0.6) is 11.5 Å². The molecule has 2 saturated heterocycles. The summed E-state index contributed by atoms with van der Waals surface area (Å²) in [7, 11) is 1.63. The van der Waals surface area contributed by atoms with Crippen molar-refractivity contribution in [2.24, 2.45) is 0 Å². The first-order valence-corrected chi connectivity index (χ1v) is 27.4. The second-order valence-corrected chi connectivity index (χ2v) is 19.8. The van der Waals surface area contributed by atoms with Gasteiger partial charge in [0.1, 0.15) is 54.2 Å². The molecule has 12 nitrogen and oxygen atoms in total. The standard InChI is InChI=1S/C68H70O12/c1-69-57-37-39-58(40-38-57)77-68-66(64(75-46-55-33-19-7-20-34-55)62(73-44-53-29-15-5-16-30-53)60(79-68)49-71-42-51-25-11-3-12-26-51)80-67-65(76-47-56-35-21-8-22-36-56)63(74-45-54-31-17-6-18-32-54)61(72-43-52-27-13-4-14-28-52)59(78-67)48-70-41-50-23-9-2-10-24-50/h2-40,59-68H,41-49H2,1H3/t59-,60-,61-,62-,63+,64+,65+,66+,67-,68+/m1/s1. The van der Waals surface area contributed by atoms with Gasteiger partial charge in [-0.05, 0) is 63.2 Å². The van der Waals surface area contributed by atoms with Crippen molar-refractivity contribution >= 4 is 0 Å². The van der Waals surface area contributed by atoms with Crippen LogP contribution in [0, 0.1) is 0 Å². The van der Waals surface area contributed by atoms with Gasteiger partial charge < -0.3 is 56.8 Å². The lowest BCUT2D eigenvalue weighted by Gasteiger charge is -2.50. The fourth-order valence-electron chi connectivity index (χ4n) is 9.84. The smallest absolute Gasteiger partial charge is 0.229 e. The SMILES string of the molecule is COc1ccc(O[C@H]2O[C@H](COCc3ccccc3)[C@@H](OCc3ccccc3)[C@H](OCc3ccccc3)[C@@H]2O[C@H]2O[C@H](COCc3ccccc3)[C@@H](OCc3ccccc3)[C@H](OCc3ccccc3)[C@@H]2OCc2ccccc2)cc1. The van der Waals surface area contributed by atoms with E-state index >= 15 is 0 Å². The zero-order valence-corrected chi connectivity index (χ0v) is 45.1. The van der Waals surface area contributed by atoms with Gasteiger partial charge in [-0.2, -0.15) is 0 Å². The Kier molecular flexibility index (Phi) is 21.1. The number of benzene rings is 8. The second-order valence-electron chi connectivity index (χ2n) is 19.8. The molecule has 10 atom stereocenters. The summed E-state index contributed by atoms with van der Waals surface area (Å²) in [6.07, 6.45) is -8.90. The summed E-state index contributed by atoms with van der Waals surface area (Å²) in [6, 6.07) is 77.7. The maximum Gasteiger partial charge on any atom is 0.229 e. The van der Waals surface area contributed by atoms with Crippen molar-refractivity contribution < 1.29 is 56.8 Å². The maximum absolute atomic E-state index is 7.60. The van der Waals surface area contributed by atoms with E-state index in [0.29, 0.717) is 24.7 Å². The molecule has 0 aromatic heterocycles. The topological polar surface area (TPSA) is 111 Å². The zero-order valence-electron chi connectivity index (χ0n) is 45.1. The summed E-state index contributed by atoms with van der Waals surface area (Å²) in [5.74, 6) is 1.17. The molecule has 0 radical (unpaired) electrons. The van der Waals surface area contributed by atoms with Gasteiger partial charge in [-0.25, -0.2) is 0 Å². The number of hydrogen-bond donors (Lipinski definition) is 0. The van der Waals surface area contributed by atoms with Gasteiger partial charge in [-0.15, -0.1) is 0 Å². The fourth-order valence-corrected chi connectivity index (χ4v) is 9.84. The number of ether oxygens (including phenoxy) is 12. The summed E-state index contributed by atoms with van der Waals surface area (Å²) < 4.78 is 83.3. The molecule has 80 heavy (non-hydrogen) atoms. The molecular weight excluding hydrogens is 1010 g/mol. The first-order chi connectivity index (χ1) is 39.6. The van der Waals surface area contributed by atoms with E-state index in [1.165, 1.54) is 0 Å². The Morgan fingerprint density at radius 2 is 0.575 bits per heavy atom. The maximum atomic E-state index is 7.60. The van der Waals surface area contributed by atoms with Gasteiger partial charge >= 0.3 is 0 Å². The number of hydrogen-bond acceptors (Lipinski definition) is 12. The van der Waals surface area contributed by atoms with Crippen LogP contribution < -0.4 is 9.47 Å². The first kappa shape index (κ1) is 56.2. The van der Waals surface area contributed by atoms with Gasteiger partial charge in [0.05, 0.1) is 66.6 Å². The lowest BCUT2D eigenvalue weighted by molar-refractivity contribution is -0.376. The van der Waals surface area contributed by atoms with Crippen LogP contribution in [-0.4, -0.2) is 81.7 Å². The third-order valence-corrected chi connectivity index (χ3v) is 14.0. The highest BCUT2D eigenvalue weighted by molar-refractivity contribution is 5.31. The van der Waals surface area contributed by atoms with Crippen molar-refractivity contribution in [1.29, 1.82) is 0 Å². The lowest BCUT2D eigenvalue weighted by atomic mass is 9.96. The zero-order chi connectivity index (χ0) is 54.4. The average molecular weight is 1080 g/mol. The van der Waals surface area contributed by atoms with Crippen LogP contribution in [0.15, 0.2) is 237 Å². The summed E-state index contributed by atoms with van der Waals surface area (Å²) in [5.41, 5.74) is 6.85. The Balaban J connectivity index is 1.07. The summed E-state index contributed by atoms with van der Waals surface area (Å²) in [4.78, 5) is 0. The summed E-state index contributed by atoms with van der Waals surface area (Å²) >= 11 is 0. The van der Waals surface area contributed by atoms with E-state index in [0.717, 1.165) is 38.9 Å². The van der Waals surface area contributed by atoms with Gasteiger partial charge in [-0.1, -0.05) is 212 Å². The van der Waals surface area contributed by atoms with Crippen molar-refractivity contribution in [3.63, 3.8) is 0 Å². The van der Waals surface area contributed by atoms with Crippen molar-refractivity contribution in [3.8, 4) is 11.5 Å². The predicted octanol–water partition coefficient (Wildman–Crippen LogP) is 12.3. The third kappa shape index (κ3) is 16.3. The van der Waals surface area contributed by atoms with Crippen molar-refractivity contribution in [1.82, 2.24) is 0 Å². The Labute approximate surface area is 469 Å². The van der Waals surface area contributed by atoms with E-state index in [9.17, 15) is 0 Å². The van der Waals surface area contributed by atoms with Crippen LogP contribution in [0.4, 0.5) is 0 Å². The highest BCUT2D eigenvalue weighted by atomic mass is 16.8. The van der Waals surface area contributed by atoms with E-state index in [1.807, 2.05) is 237 Å². The highest BCUT2D eigenvalue weighted by Crippen LogP contribution is 2.38. The third-order valence-electron chi connectivity index (χ3n) is 14.0. The minimum atomic E-state index is -1.17. The van der Waals surface area contributed by atoms with E-state index in [-0.39, 0.29) is 46.2 Å². The van der Waals surface area contributed by atoms with Crippen LogP contribution in [-0.2, 0) is 93.6 Å². The molecular formula is C68H70O12. The van der Waals surface area contributed by atoms with E-state index in [4.69, 9.17) is 56.8 Å². The molecule has 2 aliphatic rings. The van der Waals surface area contributed by atoms with Crippen LogP contribution in [0.2, 0.25) is 0 Å². The predicted molar refractivity (Wildman–Crippen MR) is 303 cm³/mol. The van der Waals surface area contributed by atoms with Crippen LogP contribution in [0.3, 0.4) is 0 Å². The minimum Gasteiger partial charge on any atom is -0.497 e. The van der Waals surface area contributed by atoms with Gasteiger partial charge in [0.2, 0.25) is 6.29 Å². The molecule has 414 valence electrons. The molecule has 0 amide bonds.